The van der Waals surface area contributed by atoms with E-state index in [-0.39, 0.29) is 0 Å². The van der Waals surface area contributed by atoms with E-state index in [0.717, 1.165) is 18.8 Å². The SMILES string of the molecule is COc1cccc(C2CNNC2C2CCN(Cc3cccc(C)c3)CC2)c1. The highest BCUT2D eigenvalue weighted by Crippen LogP contribution is 2.33. The molecule has 0 bridgehead atoms. The standard InChI is InChI=1S/C23H31N3O/c1-17-5-3-6-18(13-17)16-26-11-9-19(10-12-26)23-22(15-24-25-23)20-7-4-8-21(14-20)27-2/h3-8,13-14,19,22-25H,9-12,15-16H2,1-2H3. The lowest BCUT2D eigenvalue weighted by atomic mass is 9.80. The number of piperidine rings is 1. The maximum atomic E-state index is 5.43. The van der Waals surface area contributed by atoms with Crippen molar-refractivity contribution in [2.24, 2.45) is 5.92 Å². The Morgan fingerprint density at radius 3 is 2.67 bits per heavy atom. The van der Waals surface area contributed by atoms with Gasteiger partial charge in [0.15, 0.2) is 0 Å². The second-order valence-corrected chi connectivity index (χ2v) is 8.04. The molecule has 2 N–H and O–H groups in total. The summed E-state index contributed by atoms with van der Waals surface area (Å²) in [7, 11) is 1.74. The Bertz CT molecular complexity index is 755. The summed E-state index contributed by atoms with van der Waals surface area (Å²) >= 11 is 0. The van der Waals surface area contributed by atoms with Crippen molar-refractivity contribution in [1.29, 1.82) is 0 Å². The predicted molar refractivity (Wildman–Crippen MR) is 110 cm³/mol. The van der Waals surface area contributed by atoms with Gasteiger partial charge in [0.1, 0.15) is 5.75 Å². The number of methoxy groups -OCH3 is 1. The average Bonchev–Trinajstić information content (AvgIpc) is 3.18. The highest BCUT2D eigenvalue weighted by molar-refractivity contribution is 5.32. The van der Waals surface area contributed by atoms with Crippen LogP contribution in [0.3, 0.4) is 0 Å². The van der Waals surface area contributed by atoms with Gasteiger partial charge in [0.25, 0.3) is 0 Å². The molecule has 0 saturated carbocycles. The van der Waals surface area contributed by atoms with Gasteiger partial charge in [-0.25, -0.2) is 0 Å². The van der Waals surface area contributed by atoms with E-state index in [9.17, 15) is 0 Å². The molecule has 0 spiro atoms. The van der Waals surface area contributed by atoms with Gasteiger partial charge in [-0.1, -0.05) is 42.0 Å². The summed E-state index contributed by atoms with van der Waals surface area (Å²) in [5.41, 5.74) is 11.1. The van der Waals surface area contributed by atoms with Crippen molar-refractivity contribution < 1.29 is 4.74 Å². The van der Waals surface area contributed by atoms with E-state index in [2.05, 4.69) is 65.1 Å². The molecule has 0 amide bonds. The Morgan fingerprint density at radius 2 is 1.89 bits per heavy atom. The van der Waals surface area contributed by atoms with Crippen LogP contribution in [0.2, 0.25) is 0 Å². The maximum Gasteiger partial charge on any atom is 0.119 e. The first kappa shape index (κ1) is 18.5. The summed E-state index contributed by atoms with van der Waals surface area (Å²) in [4.78, 5) is 2.61. The van der Waals surface area contributed by atoms with Crippen LogP contribution in [0.1, 0.15) is 35.4 Å². The first-order valence-corrected chi connectivity index (χ1v) is 10.1. The van der Waals surface area contributed by atoms with Crippen LogP contribution in [0.4, 0.5) is 0 Å². The fraction of sp³-hybridized carbons (Fsp3) is 0.478. The highest BCUT2D eigenvalue weighted by Gasteiger charge is 2.36. The van der Waals surface area contributed by atoms with Crippen LogP contribution in [0, 0.1) is 12.8 Å². The molecule has 0 aliphatic carbocycles. The predicted octanol–water partition coefficient (Wildman–Crippen LogP) is 3.48. The quantitative estimate of drug-likeness (QED) is 0.851. The van der Waals surface area contributed by atoms with Gasteiger partial charge in [0.05, 0.1) is 7.11 Å². The molecule has 2 atom stereocenters. The number of hydrogen-bond acceptors (Lipinski definition) is 4. The molecule has 27 heavy (non-hydrogen) atoms. The summed E-state index contributed by atoms with van der Waals surface area (Å²) in [6.45, 7) is 6.60. The lowest BCUT2D eigenvalue weighted by molar-refractivity contribution is 0.152. The van der Waals surface area contributed by atoms with Gasteiger partial charge in [-0.2, -0.15) is 0 Å². The van der Waals surface area contributed by atoms with Crippen LogP contribution in [0.15, 0.2) is 48.5 Å². The zero-order valence-electron chi connectivity index (χ0n) is 16.4. The van der Waals surface area contributed by atoms with E-state index in [1.165, 1.54) is 42.6 Å². The minimum Gasteiger partial charge on any atom is -0.497 e. The number of aryl methyl sites for hydroxylation is 1. The normalized spacial score (nSPS) is 24.2. The Hall–Kier alpha value is -1.88. The van der Waals surface area contributed by atoms with Gasteiger partial charge >= 0.3 is 0 Å². The van der Waals surface area contributed by atoms with Crippen molar-refractivity contribution >= 4 is 0 Å². The third-order valence-electron chi connectivity index (χ3n) is 6.17. The topological polar surface area (TPSA) is 36.5 Å². The van der Waals surface area contributed by atoms with E-state index >= 15 is 0 Å². The molecule has 0 radical (unpaired) electrons. The van der Waals surface area contributed by atoms with Gasteiger partial charge in [-0.3, -0.25) is 15.8 Å². The van der Waals surface area contributed by atoms with Crippen LogP contribution in [0.25, 0.3) is 0 Å². The van der Waals surface area contributed by atoms with Crippen molar-refractivity contribution in [1.82, 2.24) is 15.8 Å². The number of hydrogen-bond donors (Lipinski definition) is 2. The summed E-state index contributed by atoms with van der Waals surface area (Å²) < 4.78 is 5.43. The van der Waals surface area contributed by atoms with E-state index in [1.54, 1.807) is 7.11 Å². The molecule has 4 nitrogen and oxygen atoms in total. The molecule has 144 valence electrons. The van der Waals surface area contributed by atoms with Crippen LogP contribution in [0.5, 0.6) is 5.75 Å². The van der Waals surface area contributed by atoms with Crippen molar-refractivity contribution in [3.05, 3.63) is 65.2 Å². The van der Waals surface area contributed by atoms with Crippen LogP contribution in [-0.2, 0) is 6.54 Å². The largest absolute Gasteiger partial charge is 0.497 e. The van der Waals surface area contributed by atoms with Crippen molar-refractivity contribution in [3.8, 4) is 5.75 Å². The number of rotatable bonds is 5. The van der Waals surface area contributed by atoms with E-state index < -0.39 is 0 Å². The fourth-order valence-corrected chi connectivity index (χ4v) is 4.70. The molecule has 2 fully saturated rings. The smallest absolute Gasteiger partial charge is 0.119 e. The van der Waals surface area contributed by atoms with Crippen LogP contribution >= 0.6 is 0 Å². The second-order valence-electron chi connectivity index (χ2n) is 8.04. The Kier molecular flexibility index (Phi) is 5.77. The third-order valence-corrected chi connectivity index (χ3v) is 6.17. The fourth-order valence-electron chi connectivity index (χ4n) is 4.70. The summed E-state index contributed by atoms with van der Waals surface area (Å²) in [5.74, 6) is 2.17. The maximum absolute atomic E-state index is 5.43. The molecule has 0 aromatic heterocycles. The molecule has 2 aliphatic rings. The Balaban J connectivity index is 1.37. The number of hydrazine groups is 1. The molecule has 2 heterocycles. The first-order chi connectivity index (χ1) is 13.2. The minimum absolute atomic E-state index is 0.498. The van der Waals surface area contributed by atoms with Crippen LogP contribution < -0.4 is 15.6 Å². The number of likely N-dealkylation sites (tertiary alicyclic amines) is 1. The van der Waals surface area contributed by atoms with Gasteiger partial charge < -0.3 is 4.74 Å². The Labute approximate surface area is 162 Å². The minimum atomic E-state index is 0.498. The van der Waals surface area contributed by atoms with E-state index in [4.69, 9.17) is 4.74 Å². The lowest BCUT2D eigenvalue weighted by Gasteiger charge is -2.36. The zero-order valence-corrected chi connectivity index (χ0v) is 16.4. The molecular formula is C23H31N3O. The van der Waals surface area contributed by atoms with Crippen molar-refractivity contribution in [2.45, 2.75) is 38.3 Å². The molecular weight excluding hydrogens is 334 g/mol. The second kappa shape index (κ2) is 8.42. The summed E-state index contributed by atoms with van der Waals surface area (Å²) in [6.07, 6.45) is 2.51. The summed E-state index contributed by atoms with van der Waals surface area (Å²) in [5, 5.41) is 0. The average molecular weight is 366 g/mol. The molecule has 2 aromatic carbocycles. The molecule has 2 aliphatic heterocycles. The van der Waals surface area contributed by atoms with Gasteiger partial charge in [0, 0.05) is 25.0 Å². The first-order valence-electron chi connectivity index (χ1n) is 10.1. The molecule has 2 saturated heterocycles. The van der Waals surface area contributed by atoms with Gasteiger partial charge in [-0.05, 0) is 62.0 Å². The van der Waals surface area contributed by atoms with Gasteiger partial charge in [-0.15, -0.1) is 0 Å². The molecule has 4 heteroatoms. The number of nitrogens with zero attached hydrogens (tertiary/aromatic N) is 1. The van der Waals surface area contributed by atoms with Crippen molar-refractivity contribution in [2.75, 3.05) is 26.7 Å². The summed E-state index contributed by atoms with van der Waals surface area (Å²) in [6, 6.07) is 18.0. The number of benzene rings is 2. The molecule has 2 unspecified atom stereocenters. The third kappa shape index (κ3) is 4.34. The molecule has 2 aromatic rings. The van der Waals surface area contributed by atoms with Crippen LogP contribution in [-0.4, -0.2) is 37.7 Å². The van der Waals surface area contributed by atoms with E-state index in [0.29, 0.717) is 17.9 Å². The van der Waals surface area contributed by atoms with Crippen molar-refractivity contribution in [3.63, 3.8) is 0 Å². The lowest BCUT2D eigenvalue weighted by Crippen LogP contribution is -2.44. The number of nitrogens with one attached hydrogen (secondary N) is 2. The van der Waals surface area contributed by atoms with Gasteiger partial charge in [0.2, 0.25) is 0 Å². The van der Waals surface area contributed by atoms with E-state index in [1.807, 2.05) is 6.07 Å². The number of ether oxygens (including phenoxy) is 1. The zero-order chi connectivity index (χ0) is 18.6. The monoisotopic (exact) mass is 365 g/mol. The Morgan fingerprint density at radius 1 is 1.07 bits per heavy atom. The molecule has 4 rings (SSSR count). The highest BCUT2D eigenvalue weighted by atomic mass is 16.5.